The average molecular weight is 250 g/mol. The van der Waals surface area contributed by atoms with Crippen molar-refractivity contribution in [3.05, 3.63) is 35.9 Å². The minimum absolute atomic E-state index is 0.259. The number of amides is 1. The number of rotatable bonds is 6. The third-order valence-corrected chi connectivity index (χ3v) is 2.85. The summed E-state index contributed by atoms with van der Waals surface area (Å²) in [7, 11) is 1.89. The molecular formula is C14H22N2O2. The first-order chi connectivity index (χ1) is 8.63. The first-order valence-electron chi connectivity index (χ1n) is 6.25. The predicted molar refractivity (Wildman–Crippen MR) is 72.3 cm³/mol. The second-order valence-corrected chi connectivity index (χ2v) is 4.58. The smallest absolute Gasteiger partial charge is 0.407 e. The van der Waals surface area contributed by atoms with Crippen LogP contribution in [0, 0.1) is 5.92 Å². The average Bonchev–Trinajstić information content (AvgIpc) is 2.38. The van der Waals surface area contributed by atoms with E-state index in [4.69, 9.17) is 4.74 Å². The lowest BCUT2D eigenvalue weighted by Gasteiger charge is -2.20. The third-order valence-electron chi connectivity index (χ3n) is 2.85. The fraction of sp³-hybridized carbons (Fsp3) is 0.500. The highest BCUT2D eigenvalue weighted by molar-refractivity contribution is 5.67. The van der Waals surface area contributed by atoms with Crippen molar-refractivity contribution in [2.24, 2.45) is 5.92 Å². The van der Waals surface area contributed by atoms with Gasteiger partial charge in [0.25, 0.3) is 0 Å². The normalized spacial score (nSPS) is 12.2. The maximum atomic E-state index is 11.5. The molecule has 0 bridgehead atoms. The molecule has 0 heterocycles. The van der Waals surface area contributed by atoms with Crippen molar-refractivity contribution in [3.63, 3.8) is 0 Å². The summed E-state index contributed by atoms with van der Waals surface area (Å²) in [5.74, 6) is 0.462. The molecule has 0 aliphatic heterocycles. The molecule has 100 valence electrons. The lowest BCUT2D eigenvalue weighted by Crippen LogP contribution is -2.42. The minimum atomic E-state index is -0.375. The number of ether oxygens (including phenoxy) is 1. The number of benzene rings is 1. The quantitative estimate of drug-likeness (QED) is 0.813. The van der Waals surface area contributed by atoms with Crippen LogP contribution in [0.25, 0.3) is 0 Å². The van der Waals surface area contributed by atoms with E-state index in [1.54, 1.807) is 0 Å². The summed E-state index contributed by atoms with van der Waals surface area (Å²) in [5, 5.41) is 5.92. The Hall–Kier alpha value is -1.55. The van der Waals surface area contributed by atoms with E-state index in [-0.39, 0.29) is 12.1 Å². The second-order valence-electron chi connectivity index (χ2n) is 4.58. The van der Waals surface area contributed by atoms with E-state index < -0.39 is 0 Å². The van der Waals surface area contributed by atoms with Gasteiger partial charge in [-0.3, -0.25) is 0 Å². The number of hydrogen-bond donors (Lipinski definition) is 2. The Morgan fingerprint density at radius 2 is 1.94 bits per heavy atom. The Balaban J connectivity index is 2.26. The third kappa shape index (κ3) is 5.19. The van der Waals surface area contributed by atoms with Crippen LogP contribution in [0.5, 0.6) is 0 Å². The summed E-state index contributed by atoms with van der Waals surface area (Å²) in [4.78, 5) is 11.5. The number of carbonyl (C=O) groups excluding carboxylic acids is 1. The van der Waals surface area contributed by atoms with Crippen LogP contribution in [0.1, 0.15) is 19.4 Å². The topological polar surface area (TPSA) is 50.4 Å². The Labute approximate surface area is 109 Å². The zero-order valence-electron chi connectivity index (χ0n) is 11.3. The Bertz CT molecular complexity index is 352. The molecule has 0 spiro atoms. The summed E-state index contributed by atoms with van der Waals surface area (Å²) >= 11 is 0. The molecule has 0 radical (unpaired) electrons. The predicted octanol–water partition coefficient (Wildman–Crippen LogP) is 2.16. The summed E-state index contributed by atoms with van der Waals surface area (Å²) in [6.45, 7) is 5.09. The second kappa shape index (κ2) is 7.71. The maximum Gasteiger partial charge on any atom is 0.407 e. The summed E-state index contributed by atoms with van der Waals surface area (Å²) < 4.78 is 5.12. The molecule has 4 nitrogen and oxygen atoms in total. The van der Waals surface area contributed by atoms with Gasteiger partial charge in [0.2, 0.25) is 0 Å². The van der Waals surface area contributed by atoms with Gasteiger partial charge < -0.3 is 15.4 Å². The highest BCUT2D eigenvalue weighted by atomic mass is 16.5. The van der Waals surface area contributed by atoms with Crippen molar-refractivity contribution < 1.29 is 9.53 Å². The molecule has 0 aliphatic rings. The molecule has 0 aromatic heterocycles. The van der Waals surface area contributed by atoms with E-state index in [0.29, 0.717) is 19.1 Å². The number of carbonyl (C=O) groups is 1. The van der Waals surface area contributed by atoms with Gasteiger partial charge in [-0.2, -0.15) is 0 Å². The number of hydrogen-bond acceptors (Lipinski definition) is 3. The molecule has 1 amide bonds. The molecule has 1 aromatic carbocycles. The molecule has 0 saturated heterocycles. The summed E-state index contributed by atoms with van der Waals surface area (Å²) in [5.41, 5.74) is 0.988. The fourth-order valence-electron chi connectivity index (χ4n) is 1.64. The SMILES string of the molecule is CN[C@H](CNC(=O)OCc1ccccc1)C(C)C. The van der Waals surface area contributed by atoms with E-state index >= 15 is 0 Å². The minimum Gasteiger partial charge on any atom is -0.445 e. The van der Waals surface area contributed by atoms with Gasteiger partial charge in [0.1, 0.15) is 6.61 Å². The molecule has 18 heavy (non-hydrogen) atoms. The van der Waals surface area contributed by atoms with Crippen LogP contribution < -0.4 is 10.6 Å². The van der Waals surface area contributed by atoms with Crippen LogP contribution in [0.2, 0.25) is 0 Å². The van der Waals surface area contributed by atoms with Crippen molar-refractivity contribution >= 4 is 6.09 Å². The lowest BCUT2D eigenvalue weighted by atomic mass is 10.1. The number of alkyl carbamates (subject to hydrolysis) is 1. The summed E-state index contributed by atoms with van der Waals surface area (Å²) in [6, 6.07) is 9.90. The molecule has 0 unspecified atom stereocenters. The standard InChI is InChI=1S/C14H22N2O2/c1-11(2)13(15-3)9-16-14(17)18-10-12-7-5-4-6-8-12/h4-8,11,13,15H,9-10H2,1-3H3,(H,16,17)/t13-/m1/s1. The van der Waals surface area contributed by atoms with Crippen molar-refractivity contribution in [2.45, 2.75) is 26.5 Å². The van der Waals surface area contributed by atoms with Gasteiger partial charge in [-0.1, -0.05) is 44.2 Å². The maximum absolute atomic E-state index is 11.5. The van der Waals surface area contributed by atoms with Crippen molar-refractivity contribution in [1.82, 2.24) is 10.6 Å². The first kappa shape index (κ1) is 14.5. The molecular weight excluding hydrogens is 228 g/mol. The fourth-order valence-corrected chi connectivity index (χ4v) is 1.64. The number of likely N-dealkylation sites (N-methyl/N-ethyl adjacent to an activating group) is 1. The van der Waals surface area contributed by atoms with E-state index in [9.17, 15) is 4.79 Å². The molecule has 1 aromatic rings. The van der Waals surface area contributed by atoms with Gasteiger partial charge in [-0.05, 0) is 18.5 Å². The molecule has 0 aliphatic carbocycles. The largest absolute Gasteiger partial charge is 0.445 e. The Morgan fingerprint density at radius 3 is 2.50 bits per heavy atom. The molecule has 1 rings (SSSR count). The zero-order chi connectivity index (χ0) is 13.4. The van der Waals surface area contributed by atoms with Crippen molar-refractivity contribution in [3.8, 4) is 0 Å². The van der Waals surface area contributed by atoms with Gasteiger partial charge in [0.15, 0.2) is 0 Å². The molecule has 0 fully saturated rings. The molecule has 1 atom stereocenters. The van der Waals surface area contributed by atoms with E-state index in [2.05, 4.69) is 24.5 Å². The van der Waals surface area contributed by atoms with Crippen molar-refractivity contribution in [1.29, 1.82) is 0 Å². The zero-order valence-corrected chi connectivity index (χ0v) is 11.3. The van der Waals surface area contributed by atoms with Gasteiger partial charge in [-0.15, -0.1) is 0 Å². The van der Waals surface area contributed by atoms with Crippen LogP contribution in [0.3, 0.4) is 0 Å². The van der Waals surface area contributed by atoms with E-state index in [0.717, 1.165) is 5.56 Å². The highest BCUT2D eigenvalue weighted by Crippen LogP contribution is 2.01. The Morgan fingerprint density at radius 1 is 1.28 bits per heavy atom. The highest BCUT2D eigenvalue weighted by Gasteiger charge is 2.12. The Kier molecular flexibility index (Phi) is 6.22. The summed E-state index contributed by atoms with van der Waals surface area (Å²) in [6.07, 6.45) is -0.375. The molecule has 0 saturated carbocycles. The van der Waals surface area contributed by atoms with Crippen molar-refractivity contribution in [2.75, 3.05) is 13.6 Å². The monoisotopic (exact) mass is 250 g/mol. The first-order valence-corrected chi connectivity index (χ1v) is 6.25. The van der Waals surface area contributed by atoms with Crippen LogP contribution in [-0.2, 0) is 11.3 Å². The van der Waals surface area contributed by atoms with Gasteiger partial charge >= 0.3 is 6.09 Å². The van der Waals surface area contributed by atoms with Gasteiger partial charge in [-0.25, -0.2) is 4.79 Å². The molecule has 4 heteroatoms. The van der Waals surface area contributed by atoms with Crippen LogP contribution in [0.4, 0.5) is 4.79 Å². The van der Waals surface area contributed by atoms with Gasteiger partial charge in [0, 0.05) is 12.6 Å². The van der Waals surface area contributed by atoms with E-state index in [1.807, 2.05) is 37.4 Å². The van der Waals surface area contributed by atoms with Crippen LogP contribution in [0.15, 0.2) is 30.3 Å². The van der Waals surface area contributed by atoms with Gasteiger partial charge in [0.05, 0.1) is 0 Å². The van der Waals surface area contributed by atoms with Crippen LogP contribution in [-0.4, -0.2) is 25.7 Å². The van der Waals surface area contributed by atoms with Crippen LogP contribution >= 0.6 is 0 Å². The number of nitrogens with one attached hydrogen (secondary N) is 2. The van der Waals surface area contributed by atoms with E-state index in [1.165, 1.54) is 0 Å². The lowest BCUT2D eigenvalue weighted by molar-refractivity contribution is 0.138. The molecule has 2 N–H and O–H groups in total.